The molecule has 0 bridgehead atoms. The van der Waals surface area contributed by atoms with Crippen molar-refractivity contribution in [3.63, 3.8) is 0 Å². The summed E-state index contributed by atoms with van der Waals surface area (Å²) in [7, 11) is 1.93. The largest absolute Gasteiger partial charge is 0.350 e. The Morgan fingerprint density at radius 3 is 2.50 bits per heavy atom. The lowest BCUT2D eigenvalue weighted by atomic mass is 10.1. The predicted octanol–water partition coefficient (Wildman–Crippen LogP) is 3.33. The fraction of sp³-hybridized carbons (Fsp3) is 0.111. The van der Waals surface area contributed by atoms with Crippen LogP contribution in [0.25, 0.3) is 10.9 Å². The van der Waals surface area contributed by atoms with Crippen molar-refractivity contribution < 1.29 is 4.79 Å². The molecule has 1 N–H and O–H groups in total. The zero-order valence-corrected chi connectivity index (χ0v) is 12.6. The molecular formula is C18H17N3O. The van der Waals surface area contributed by atoms with E-state index in [2.05, 4.69) is 10.5 Å². The van der Waals surface area contributed by atoms with Crippen LogP contribution < -0.4 is 5.43 Å². The molecule has 1 amide bonds. The van der Waals surface area contributed by atoms with Crippen molar-refractivity contribution in [3.8, 4) is 0 Å². The number of carbonyl (C=O) groups excluding carboxylic acids is 1. The average molecular weight is 291 g/mol. The van der Waals surface area contributed by atoms with Gasteiger partial charge in [0.15, 0.2) is 0 Å². The number of nitrogens with zero attached hydrogens (tertiary/aromatic N) is 2. The molecular weight excluding hydrogens is 274 g/mol. The number of rotatable bonds is 3. The van der Waals surface area contributed by atoms with E-state index < -0.39 is 0 Å². The molecule has 3 rings (SSSR count). The average Bonchev–Trinajstić information content (AvgIpc) is 2.91. The molecule has 110 valence electrons. The van der Waals surface area contributed by atoms with Crippen molar-refractivity contribution in [2.75, 3.05) is 0 Å². The number of para-hydroxylation sites is 1. The quantitative estimate of drug-likeness (QED) is 0.584. The van der Waals surface area contributed by atoms with E-state index in [-0.39, 0.29) is 5.91 Å². The Balaban J connectivity index is 1.85. The molecule has 1 heterocycles. The summed E-state index contributed by atoms with van der Waals surface area (Å²) in [6.45, 7) is 1.87. The first-order chi connectivity index (χ1) is 10.7. The fourth-order valence-corrected chi connectivity index (χ4v) is 2.46. The van der Waals surface area contributed by atoms with Crippen LogP contribution >= 0.6 is 0 Å². The van der Waals surface area contributed by atoms with Crippen LogP contribution in [0, 0.1) is 0 Å². The first-order valence-corrected chi connectivity index (χ1v) is 7.11. The van der Waals surface area contributed by atoms with Gasteiger partial charge in [0.1, 0.15) is 0 Å². The van der Waals surface area contributed by atoms with Crippen LogP contribution in [-0.4, -0.2) is 16.2 Å². The third-order valence-corrected chi connectivity index (χ3v) is 3.66. The lowest BCUT2D eigenvalue weighted by molar-refractivity contribution is 0.0956. The van der Waals surface area contributed by atoms with Crippen LogP contribution in [-0.2, 0) is 7.05 Å². The monoisotopic (exact) mass is 291 g/mol. The number of amides is 1. The van der Waals surface area contributed by atoms with Gasteiger partial charge in [0.25, 0.3) is 5.91 Å². The molecule has 0 aliphatic rings. The number of nitrogens with one attached hydrogen (secondary N) is 1. The van der Waals surface area contributed by atoms with Crippen molar-refractivity contribution >= 4 is 22.5 Å². The molecule has 4 heteroatoms. The molecule has 0 radical (unpaired) electrons. The van der Waals surface area contributed by atoms with Gasteiger partial charge in [-0.2, -0.15) is 5.10 Å². The molecule has 0 saturated heterocycles. The minimum atomic E-state index is -0.202. The van der Waals surface area contributed by atoms with E-state index in [1.807, 2.05) is 79.3 Å². The lowest BCUT2D eigenvalue weighted by Crippen LogP contribution is -2.19. The van der Waals surface area contributed by atoms with Crippen LogP contribution in [0.15, 0.2) is 65.9 Å². The molecule has 0 aliphatic carbocycles. The third-order valence-electron chi connectivity index (χ3n) is 3.66. The van der Waals surface area contributed by atoms with Gasteiger partial charge in [-0.05, 0) is 18.6 Å². The second-order valence-corrected chi connectivity index (χ2v) is 5.17. The SMILES string of the molecule is CC(=NNC(=O)c1cn(C)c2ccccc12)c1ccccc1. The van der Waals surface area contributed by atoms with Crippen LogP contribution in [0.4, 0.5) is 0 Å². The van der Waals surface area contributed by atoms with E-state index >= 15 is 0 Å². The molecule has 2 aromatic carbocycles. The molecule has 3 aromatic rings. The highest BCUT2D eigenvalue weighted by Crippen LogP contribution is 2.20. The van der Waals surface area contributed by atoms with Crippen LogP contribution in [0.5, 0.6) is 0 Å². The Labute approximate surface area is 129 Å². The summed E-state index contributed by atoms with van der Waals surface area (Å²) in [6.07, 6.45) is 1.83. The molecule has 4 nitrogen and oxygen atoms in total. The van der Waals surface area contributed by atoms with Gasteiger partial charge in [0.05, 0.1) is 11.3 Å². The fourth-order valence-electron chi connectivity index (χ4n) is 2.46. The van der Waals surface area contributed by atoms with Crippen molar-refractivity contribution in [1.29, 1.82) is 0 Å². The zero-order chi connectivity index (χ0) is 15.5. The van der Waals surface area contributed by atoms with E-state index in [4.69, 9.17) is 0 Å². The Kier molecular flexibility index (Phi) is 3.74. The van der Waals surface area contributed by atoms with Gasteiger partial charge in [0.2, 0.25) is 0 Å². The van der Waals surface area contributed by atoms with E-state index in [0.717, 1.165) is 22.2 Å². The smallest absolute Gasteiger partial charge is 0.273 e. The van der Waals surface area contributed by atoms with Gasteiger partial charge < -0.3 is 4.57 Å². The van der Waals surface area contributed by atoms with Gasteiger partial charge in [-0.15, -0.1) is 0 Å². The predicted molar refractivity (Wildman–Crippen MR) is 89.0 cm³/mol. The number of hydrogen-bond donors (Lipinski definition) is 1. The number of benzene rings is 2. The van der Waals surface area contributed by atoms with Gasteiger partial charge in [-0.25, -0.2) is 5.43 Å². The summed E-state index contributed by atoms with van der Waals surface area (Å²) >= 11 is 0. The molecule has 0 atom stereocenters. The van der Waals surface area contributed by atoms with E-state index in [9.17, 15) is 4.79 Å². The number of hydrazone groups is 1. The first kappa shape index (κ1) is 14.1. The number of carbonyl (C=O) groups is 1. The lowest BCUT2D eigenvalue weighted by Gasteiger charge is -2.02. The number of aryl methyl sites for hydroxylation is 1. The molecule has 0 saturated carbocycles. The molecule has 0 spiro atoms. The highest BCUT2D eigenvalue weighted by molar-refractivity contribution is 6.07. The van der Waals surface area contributed by atoms with Crippen LogP contribution in [0.2, 0.25) is 0 Å². The number of hydrogen-bond acceptors (Lipinski definition) is 2. The van der Waals surface area contributed by atoms with Gasteiger partial charge in [-0.3, -0.25) is 4.79 Å². The van der Waals surface area contributed by atoms with E-state index in [1.165, 1.54) is 0 Å². The van der Waals surface area contributed by atoms with Gasteiger partial charge >= 0.3 is 0 Å². The third kappa shape index (κ3) is 2.63. The summed E-state index contributed by atoms with van der Waals surface area (Å²) < 4.78 is 1.94. The van der Waals surface area contributed by atoms with E-state index in [0.29, 0.717) is 5.56 Å². The summed E-state index contributed by atoms with van der Waals surface area (Å²) in [5.41, 5.74) is 6.05. The minimum absolute atomic E-state index is 0.202. The van der Waals surface area contributed by atoms with Crippen molar-refractivity contribution in [2.45, 2.75) is 6.92 Å². The molecule has 0 unspecified atom stereocenters. The second kappa shape index (κ2) is 5.85. The first-order valence-electron chi connectivity index (χ1n) is 7.11. The van der Waals surface area contributed by atoms with Crippen LogP contribution in [0.3, 0.4) is 0 Å². The Morgan fingerprint density at radius 2 is 1.73 bits per heavy atom. The zero-order valence-electron chi connectivity index (χ0n) is 12.6. The summed E-state index contributed by atoms with van der Waals surface area (Å²) in [6, 6.07) is 17.6. The summed E-state index contributed by atoms with van der Waals surface area (Å²) in [5.74, 6) is -0.202. The molecule has 0 aliphatic heterocycles. The number of fused-ring (bicyclic) bond motifs is 1. The second-order valence-electron chi connectivity index (χ2n) is 5.17. The highest BCUT2D eigenvalue weighted by atomic mass is 16.2. The Morgan fingerprint density at radius 1 is 1.05 bits per heavy atom. The molecule has 22 heavy (non-hydrogen) atoms. The topological polar surface area (TPSA) is 46.4 Å². The van der Waals surface area contributed by atoms with Crippen molar-refractivity contribution in [3.05, 3.63) is 71.9 Å². The Hall–Kier alpha value is -2.88. The van der Waals surface area contributed by atoms with Gasteiger partial charge in [0, 0.05) is 24.1 Å². The standard InChI is InChI=1S/C18H17N3O/c1-13(14-8-4-3-5-9-14)19-20-18(22)16-12-21(2)17-11-7-6-10-15(16)17/h3-12H,1-2H3,(H,20,22). The maximum absolute atomic E-state index is 12.4. The maximum atomic E-state index is 12.4. The summed E-state index contributed by atoms with van der Waals surface area (Å²) in [5, 5.41) is 5.12. The van der Waals surface area contributed by atoms with Crippen molar-refractivity contribution in [1.82, 2.24) is 9.99 Å². The normalized spacial score (nSPS) is 11.6. The van der Waals surface area contributed by atoms with Crippen molar-refractivity contribution in [2.24, 2.45) is 12.1 Å². The summed E-state index contributed by atoms with van der Waals surface area (Å²) in [4.78, 5) is 12.4. The van der Waals surface area contributed by atoms with Crippen LogP contribution in [0.1, 0.15) is 22.8 Å². The van der Waals surface area contributed by atoms with Gasteiger partial charge in [-0.1, -0.05) is 48.5 Å². The van der Waals surface area contributed by atoms with E-state index in [1.54, 1.807) is 0 Å². The molecule has 0 fully saturated rings. The minimum Gasteiger partial charge on any atom is -0.350 e. The maximum Gasteiger partial charge on any atom is 0.273 e. The number of aromatic nitrogens is 1. The highest BCUT2D eigenvalue weighted by Gasteiger charge is 2.13. The Bertz CT molecular complexity index is 847. The molecule has 1 aromatic heterocycles.